The molecule has 0 aromatic heterocycles. The molecule has 1 atom stereocenters. The maximum Gasteiger partial charge on any atom is 0.239 e. The Hall–Kier alpha value is -1.55. The Bertz CT molecular complexity index is 424. The molecule has 0 aliphatic carbocycles. The smallest absolute Gasteiger partial charge is 0.239 e. The Balaban J connectivity index is 2.55. The molecule has 0 heterocycles. The van der Waals surface area contributed by atoms with Crippen LogP contribution in [0.25, 0.3) is 0 Å². The molecule has 0 radical (unpaired) electrons. The van der Waals surface area contributed by atoms with Crippen molar-refractivity contribution in [2.45, 2.75) is 40.2 Å². The number of hydrogen-bond acceptors (Lipinski definition) is 3. The number of aliphatic hydroxyl groups excluding tert-OH is 1. The number of aliphatic hydroxyl groups is 1. The van der Waals surface area contributed by atoms with Gasteiger partial charge < -0.3 is 15.7 Å². The molecule has 1 rings (SSSR count). The molecule has 4 nitrogen and oxygen atoms in total. The van der Waals surface area contributed by atoms with E-state index in [0.29, 0.717) is 12.3 Å². The Kier molecular flexibility index (Phi) is 6.52. The van der Waals surface area contributed by atoms with Crippen LogP contribution in [0.5, 0.6) is 0 Å². The van der Waals surface area contributed by atoms with E-state index in [-0.39, 0.29) is 25.1 Å². The molecule has 1 aromatic rings. The van der Waals surface area contributed by atoms with Crippen LogP contribution in [-0.4, -0.2) is 30.2 Å². The average Bonchev–Trinajstić information content (AvgIpc) is 2.37. The lowest BCUT2D eigenvalue weighted by atomic mass is 10.0. The van der Waals surface area contributed by atoms with E-state index in [1.54, 1.807) is 0 Å². The molecular formula is C16H26N2O2. The van der Waals surface area contributed by atoms with E-state index >= 15 is 0 Å². The average molecular weight is 278 g/mol. The fraction of sp³-hybridized carbons (Fsp3) is 0.562. The van der Waals surface area contributed by atoms with Gasteiger partial charge in [-0.2, -0.15) is 0 Å². The first-order chi connectivity index (χ1) is 9.45. The topological polar surface area (TPSA) is 61.4 Å². The monoisotopic (exact) mass is 278 g/mol. The van der Waals surface area contributed by atoms with Crippen molar-refractivity contribution in [1.82, 2.24) is 5.32 Å². The molecule has 0 aliphatic rings. The van der Waals surface area contributed by atoms with Crippen LogP contribution in [0.2, 0.25) is 0 Å². The minimum atomic E-state index is -0.0418. The predicted octanol–water partition coefficient (Wildman–Crippen LogP) is 2.24. The number of carbonyl (C=O) groups is 1. The van der Waals surface area contributed by atoms with Crippen molar-refractivity contribution in [2.75, 3.05) is 18.5 Å². The predicted molar refractivity (Wildman–Crippen MR) is 82.9 cm³/mol. The van der Waals surface area contributed by atoms with Crippen LogP contribution in [0, 0.1) is 19.8 Å². The Labute approximate surface area is 121 Å². The van der Waals surface area contributed by atoms with E-state index < -0.39 is 0 Å². The van der Waals surface area contributed by atoms with Gasteiger partial charge in [0.05, 0.1) is 6.54 Å². The first-order valence-electron chi connectivity index (χ1n) is 7.16. The SMILES string of the molecule is Cc1cccc(C)c1NCC(=O)NC(CCO)C(C)C. The van der Waals surface area contributed by atoms with Crippen molar-refractivity contribution in [2.24, 2.45) is 5.92 Å². The van der Waals surface area contributed by atoms with Gasteiger partial charge in [-0.15, -0.1) is 0 Å². The molecule has 4 heteroatoms. The van der Waals surface area contributed by atoms with Crippen LogP contribution >= 0.6 is 0 Å². The standard InChI is InChI=1S/C16H26N2O2/c1-11(2)14(8-9-19)18-15(20)10-17-16-12(3)6-5-7-13(16)4/h5-7,11,14,17,19H,8-10H2,1-4H3,(H,18,20). The summed E-state index contributed by atoms with van der Waals surface area (Å²) in [5.41, 5.74) is 3.29. The first kappa shape index (κ1) is 16.5. The Morgan fingerprint density at radius 1 is 1.25 bits per heavy atom. The zero-order chi connectivity index (χ0) is 15.1. The van der Waals surface area contributed by atoms with Crippen LogP contribution in [0.15, 0.2) is 18.2 Å². The third-order valence-electron chi connectivity index (χ3n) is 3.50. The summed E-state index contributed by atoms with van der Waals surface area (Å²) in [7, 11) is 0. The summed E-state index contributed by atoms with van der Waals surface area (Å²) in [5, 5.41) is 15.2. The molecule has 0 spiro atoms. The van der Waals surface area contributed by atoms with Crippen molar-refractivity contribution in [3.63, 3.8) is 0 Å². The van der Waals surface area contributed by atoms with Gasteiger partial charge in [-0.1, -0.05) is 32.0 Å². The summed E-state index contributed by atoms with van der Waals surface area (Å²) in [6.07, 6.45) is 0.590. The summed E-state index contributed by atoms with van der Waals surface area (Å²) in [5.74, 6) is 0.270. The van der Waals surface area contributed by atoms with Crippen LogP contribution in [0.3, 0.4) is 0 Å². The van der Waals surface area contributed by atoms with Crippen molar-refractivity contribution in [1.29, 1.82) is 0 Å². The van der Waals surface area contributed by atoms with Gasteiger partial charge >= 0.3 is 0 Å². The summed E-state index contributed by atoms with van der Waals surface area (Å²) in [6, 6.07) is 6.07. The number of nitrogens with one attached hydrogen (secondary N) is 2. The molecule has 1 amide bonds. The van der Waals surface area contributed by atoms with Crippen molar-refractivity contribution in [3.05, 3.63) is 29.3 Å². The molecule has 112 valence electrons. The second-order valence-electron chi connectivity index (χ2n) is 5.55. The van der Waals surface area contributed by atoms with E-state index in [1.807, 2.05) is 45.9 Å². The van der Waals surface area contributed by atoms with E-state index in [4.69, 9.17) is 5.11 Å². The second kappa shape index (κ2) is 7.90. The highest BCUT2D eigenvalue weighted by molar-refractivity contribution is 5.81. The van der Waals surface area contributed by atoms with Crippen LogP contribution in [0.4, 0.5) is 5.69 Å². The maximum atomic E-state index is 12.0. The van der Waals surface area contributed by atoms with Gasteiger partial charge in [-0.25, -0.2) is 0 Å². The molecule has 20 heavy (non-hydrogen) atoms. The quantitative estimate of drug-likeness (QED) is 0.717. The van der Waals surface area contributed by atoms with Crippen LogP contribution < -0.4 is 10.6 Å². The van der Waals surface area contributed by atoms with E-state index in [1.165, 1.54) is 0 Å². The minimum absolute atomic E-state index is 0.0206. The molecule has 0 fully saturated rings. The number of para-hydroxylation sites is 1. The van der Waals surface area contributed by atoms with Crippen molar-refractivity contribution >= 4 is 11.6 Å². The number of hydrogen-bond donors (Lipinski definition) is 3. The lowest BCUT2D eigenvalue weighted by Crippen LogP contribution is -2.42. The first-order valence-corrected chi connectivity index (χ1v) is 7.16. The van der Waals surface area contributed by atoms with Gasteiger partial charge in [-0.3, -0.25) is 4.79 Å². The van der Waals surface area contributed by atoms with Crippen LogP contribution in [0.1, 0.15) is 31.4 Å². The number of amides is 1. The molecular weight excluding hydrogens is 252 g/mol. The van der Waals surface area contributed by atoms with E-state index in [0.717, 1.165) is 16.8 Å². The van der Waals surface area contributed by atoms with Crippen molar-refractivity contribution < 1.29 is 9.90 Å². The number of aryl methyl sites for hydroxylation is 2. The van der Waals surface area contributed by atoms with Gasteiger partial charge in [0, 0.05) is 18.3 Å². The zero-order valence-corrected chi connectivity index (χ0v) is 12.9. The highest BCUT2D eigenvalue weighted by Crippen LogP contribution is 2.18. The third kappa shape index (κ3) is 4.85. The van der Waals surface area contributed by atoms with Gasteiger partial charge in [-0.05, 0) is 37.3 Å². The minimum Gasteiger partial charge on any atom is -0.396 e. The number of carbonyl (C=O) groups excluding carboxylic acids is 1. The Morgan fingerprint density at radius 3 is 2.35 bits per heavy atom. The largest absolute Gasteiger partial charge is 0.396 e. The van der Waals surface area contributed by atoms with Crippen molar-refractivity contribution in [3.8, 4) is 0 Å². The lowest BCUT2D eigenvalue weighted by molar-refractivity contribution is -0.120. The second-order valence-corrected chi connectivity index (χ2v) is 5.55. The fourth-order valence-corrected chi connectivity index (χ4v) is 2.23. The molecule has 0 saturated heterocycles. The van der Waals surface area contributed by atoms with E-state index in [2.05, 4.69) is 10.6 Å². The summed E-state index contributed by atoms with van der Waals surface area (Å²) in [4.78, 5) is 12.0. The van der Waals surface area contributed by atoms with Crippen LogP contribution in [-0.2, 0) is 4.79 Å². The third-order valence-corrected chi connectivity index (χ3v) is 3.50. The number of anilines is 1. The summed E-state index contributed by atoms with van der Waals surface area (Å²) in [6.45, 7) is 8.47. The summed E-state index contributed by atoms with van der Waals surface area (Å²) < 4.78 is 0. The zero-order valence-electron chi connectivity index (χ0n) is 12.9. The lowest BCUT2D eigenvalue weighted by Gasteiger charge is -2.22. The molecule has 0 aliphatic heterocycles. The number of rotatable bonds is 7. The number of benzene rings is 1. The normalized spacial score (nSPS) is 12.3. The highest BCUT2D eigenvalue weighted by atomic mass is 16.3. The Morgan fingerprint density at radius 2 is 1.85 bits per heavy atom. The van der Waals surface area contributed by atoms with Gasteiger partial charge in [0.25, 0.3) is 0 Å². The fourth-order valence-electron chi connectivity index (χ4n) is 2.23. The molecule has 3 N–H and O–H groups in total. The molecule has 1 aromatic carbocycles. The molecule has 0 bridgehead atoms. The van der Waals surface area contributed by atoms with E-state index in [9.17, 15) is 4.79 Å². The molecule has 0 saturated carbocycles. The summed E-state index contributed by atoms with van der Waals surface area (Å²) >= 11 is 0. The maximum absolute atomic E-state index is 12.0. The van der Waals surface area contributed by atoms with Gasteiger partial charge in [0.15, 0.2) is 0 Å². The van der Waals surface area contributed by atoms with Gasteiger partial charge in [0.2, 0.25) is 5.91 Å². The molecule has 1 unspecified atom stereocenters. The van der Waals surface area contributed by atoms with Gasteiger partial charge in [0.1, 0.15) is 0 Å². The highest BCUT2D eigenvalue weighted by Gasteiger charge is 2.15.